The maximum Gasteiger partial charge on any atom is 0.340 e. The molecule has 1 N–H and O–H groups in total. The highest BCUT2D eigenvalue weighted by atomic mass is 35.5. The lowest BCUT2D eigenvalue weighted by molar-refractivity contribution is 0.435. The fraction of sp³-hybridized carbons (Fsp3) is 0.0455. The van der Waals surface area contributed by atoms with Gasteiger partial charge in [0, 0.05) is 16.5 Å². The molecule has 0 aliphatic carbocycles. The number of aromatic nitrogens is 2. The average molecular weight is 411 g/mol. The molecule has 6 heteroatoms. The van der Waals surface area contributed by atoms with E-state index in [2.05, 4.69) is 0 Å². The van der Waals surface area contributed by atoms with Gasteiger partial charge < -0.3 is 5.11 Å². The number of halogens is 2. The minimum Gasteiger partial charge on any atom is -0.493 e. The maximum absolute atomic E-state index is 13.3. The SMILES string of the molecule is O=c1n(-c2ccc(Cl)cc2)c(O)c(Cc2ccccc2)n1-c1ccc(Cl)cc1. The van der Waals surface area contributed by atoms with Crippen LogP contribution in [0.2, 0.25) is 10.0 Å². The van der Waals surface area contributed by atoms with Crippen molar-refractivity contribution in [2.24, 2.45) is 0 Å². The Hall–Kier alpha value is -2.95. The van der Waals surface area contributed by atoms with Crippen LogP contribution in [0, 0.1) is 0 Å². The van der Waals surface area contributed by atoms with E-state index in [-0.39, 0.29) is 11.6 Å². The van der Waals surface area contributed by atoms with Crippen molar-refractivity contribution in [2.75, 3.05) is 0 Å². The number of aromatic hydroxyl groups is 1. The second-order valence-electron chi connectivity index (χ2n) is 6.34. The van der Waals surface area contributed by atoms with E-state index in [0.717, 1.165) is 5.56 Å². The van der Waals surface area contributed by atoms with Crippen LogP contribution in [0.25, 0.3) is 11.4 Å². The summed E-state index contributed by atoms with van der Waals surface area (Å²) < 4.78 is 2.79. The molecule has 0 amide bonds. The quantitative estimate of drug-likeness (QED) is 0.500. The zero-order valence-electron chi connectivity index (χ0n) is 14.7. The minimum atomic E-state index is -0.368. The highest BCUT2D eigenvalue weighted by Gasteiger charge is 2.22. The van der Waals surface area contributed by atoms with E-state index in [4.69, 9.17) is 23.2 Å². The van der Waals surface area contributed by atoms with Crippen molar-refractivity contribution in [3.05, 3.63) is 111 Å². The average Bonchev–Trinajstić information content (AvgIpc) is 2.94. The molecule has 1 heterocycles. The van der Waals surface area contributed by atoms with Crippen LogP contribution in [0.3, 0.4) is 0 Å². The summed E-state index contributed by atoms with van der Waals surface area (Å²) in [6.45, 7) is 0. The van der Waals surface area contributed by atoms with Crippen molar-refractivity contribution in [2.45, 2.75) is 6.42 Å². The Kier molecular flexibility index (Phi) is 4.99. The lowest BCUT2D eigenvalue weighted by Crippen LogP contribution is -2.23. The first-order chi connectivity index (χ1) is 13.5. The summed E-state index contributed by atoms with van der Waals surface area (Å²) in [5.41, 5.74) is 2.27. The Morgan fingerprint density at radius 2 is 1.21 bits per heavy atom. The van der Waals surface area contributed by atoms with E-state index < -0.39 is 0 Å². The summed E-state index contributed by atoms with van der Waals surface area (Å²) in [7, 11) is 0. The first kappa shape index (κ1) is 18.4. The molecule has 0 bridgehead atoms. The van der Waals surface area contributed by atoms with Gasteiger partial charge in [-0.05, 0) is 54.1 Å². The predicted octanol–water partition coefficient (Wildman–Crippen LogP) is 5.23. The molecule has 0 aliphatic rings. The maximum atomic E-state index is 13.3. The van der Waals surface area contributed by atoms with Gasteiger partial charge in [0.25, 0.3) is 0 Å². The van der Waals surface area contributed by atoms with Gasteiger partial charge in [-0.1, -0.05) is 53.5 Å². The van der Waals surface area contributed by atoms with Crippen LogP contribution in [0.5, 0.6) is 5.88 Å². The van der Waals surface area contributed by atoms with Crippen LogP contribution in [0.15, 0.2) is 83.7 Å². The van der Waals surface area contributed by atoms with E-state index >= 15 is 0 Å². The summed E-state index contributed by atoms with van der Waals surface area (Å²) >= 11 is 12.0. The number of hydrogen-bond acceptors (Lipinski definition) is 2. The van der Waals surface area contributed by atoms with Gasteiger partial charge in [-0.3, -0.25) is 4.57 Å². The van der Waals surface area contributed by atoms with E-state index in [0.29, 0.717) is 33.5 Å². The van der Waals surface area contributed by atoms with Gasteiger partial charge in [0.1, 0.15) is 0 Å². The first-order valence-corrected chi connectivity index (χ1v) is 9.41. The zero-order chi connectivity index (χ0) is 19.7. The molecule has 0 spiro atoms. The summed E-state index contributed by atoms with van der Waals surface area (Å²) in [4.78, 5) is 13.3. The molecular formula is C22H16Cl2N2O2. The number of imidazole rings is 1. The molecule has 4 aromatic rings. The van der Waals surface area contributed by atoms with Crippen LogP contribution < -0.4 is 5.69 Å². The molecule has 0 fully saturated rings. The molecule has 140 valence electrons. The van der Waals surface area contributed by atoms with E-state index in [1.165, 1.54) is 9.13 Å². The van der Waals surface area contributed by atoms with Crippen molar-refractivity contribution in [3.63, 3.8) is 0 Å². The van der Waals surface area contributed by atoms with Crippen LogP contribution in [-0.2, 0) is 6.42 Å². The van der Waals surface area contributed by atoms with Crippen molar-refractivity contribution in [3.8, 4) is 17.3 Å². The van der Waals surface area contributed by atoms with Gasteiger partial charge in [-0.25, -0.2) is 9.36 Å². The monoisotopic (exact) mass is 410 g/mol. The molecule has 0 saturated carbocycles. The summed E-state index contributed by atoms with van der Waals surface area (Å²) in [5, 5.41) is 12.1. The highest BCUT2D eigenvalue weighted by Crippen LogP contribution is 2.27. The minimum absolute atomic E-state index is 0.105. The van der Waals surface area contributed by atoms with Gasteiger partial charge in [-0.15, -0.1) is 0 Å². The Morgan fingerprint density at radius 3 is 1.75 bits per heavy atom. The van der Waals surface area contributed by atoms with E-state index in [1.807, 2.05) is 30.3 Å². The largest absolute Gasteiger partial charge is 0.493 e. The van der Waals surface area contributed by atoms with Crippen LogP contribution in [-0.4, -0.2) is 14.2 Å². The molecule has 1 aromatic heterocycles. The Labute approximate surface area is 171 Å². The summed E-state index contributed by atoms with van der Waals surface area (Å²) in [6, 6.07) is 23.4. The number of rotatable bonds is 4. The number of nitrogens with zero attached hydrogens (tertiary/aromatic N) is 2. The highest BCUT2D eigenvalue weighted by molar-refractivity contribution is 6.30. The topological polar surface area (TPSA) is 47.2 Å². The van der Waals surface area contributed by atoms with E-state index in [9.17, 15) is 9.90 Å². The van der Waals surface area contributed by atoms with Crippen LogP contribution >= 0.6 is 23.2 Å². The van der Waals surface area contributed by atoms with Crippen molar-refractivity contribution >= 4 is 23.2 Å². The molecule has 4 rings (SSSR count). The fourth-order valence-electron chi connectivity index (χ4n) is 3.16. The van der Waals surface area contributed by atoms with Crippen LogP contribution in [0.4, 0.5) is 0 Å². The van der Waals surface area contributed by atoms with Crippen molar-refractivity contribution in [1.29, 1.82) is 0 Å². The Balaban J connectivity index is 1.94. The molecule has 4 nitrogen and oxygen atoms in total. The number of benzene rings is 3. The van der Waals surface area contributed by atoms with Crippen LogP contribution in [0.1, 0.15) is 11.3 Å². The van der Waals surface area contributed by atoms with Crippen molar-refractivity contribution < 1.29 is 5.11 Å². The van der Waals surface area contributed by atoms with E-state index in [1.54, 1.807) is 48.5 Å². The molecule has 28 heavy (non-hydrogen) atoms. The predicted molar refractivity (Wildman–Crippen MR) is 112 cm³/mol. The zero-order valence-corrected chi connectivity index (χ0v) is 16.2. The van der Waals surface area contributed by atoms with Gasteiger partial charge >= 0.3 is 5.69 Å². The fourth-order valence-corrected chi connectivity index (χ4v) is 3.41. The first-order valence-electron chi connectivity index (χ1n) is 8.66. The van der Waals surface area contributed by atoms with Gasteiger partial charge in [0.2, 0.25) is 5.88 Å². The lowest BCUT2D eigenvalue weighted by Gasteiger charge is -2.08. The third kappa shape index (κ3) is 3.44. The normalized spacial score (nSPS) is 10.9. The molecular weight excluding hydrogens is 395 g/mol. The molecule has 0 radical (unpaired) electrons. The van der Waals surface area contributed by atoms with Gasteiger partial charge in [-0.2, -0.15) is 0 Å². The molecule has 3 aromatic carbocycles. The number of hydrogen-bond donors (Lipinski definition) is 1. The smallest absolute Gasteiger partial charge is 0.340 e. The molecule has 0 saturated heterocycles. The van der Waals surface area contributed by atoms with Crippen molar-refractivity contribution in [1.82, 2.24) is 9.13 Å². The molecule has 0 atom stereocenters. The summed E-state index contributed by atoms with van der Waals surface area (Å²) in [5.74, 6) is -0.105. The third-order valence-corrected chi connectivity index (χ3v) is 5.01. The summed E-state index contributed by atoms with van der Waals surface area (Å²) in [6.07, 6.45) is 0.394. The third-order valence-electron chi connectivity index (χ3n) is 4.51. The standard InChI is InChI=1S/C22H16Cl2N2O2/c23-16-6-10-18(11-7-16)25-20(14-15-4-2-1-3-5-15)21(27)26(22(25)28)19-12-8-17(24)9-13-19/h1-13,27H,14H2. The molecule has 0 aliphatic heterocycles. The van der Waals surface area contributed by atoms with Gasteiger partial charge in [0.15, 0.2) is 0 Å². The Bertz CT molecular complexity index is 1160. The Morgan fingerprint density at radius 1 is 0.714 bits per heavy atom. The lowest BCUT2D eigenvalue weighted by atomic mass is 10.1. The van der Waals surface area contributed by atoms with Gasteiger partial charge in [0.05, 0.1) is 17.1 Å². The second kappa shape index (κ2) is 7.58. The molecule has 0 unspecified atom stereocenters. The second-order valence-corrected chi connectivity index (χ2v) is 7.21.